The maximum absolute atomic E-state index is 14.8. The molecule has 2 aliphatic rings. The smallest absolute Gasteiger partial charge is 0.407 e. The predicted octanol–water partition coefficient (Wildman–Crippen LogP) is 6.35. The second kappa shape index (κ2) is 28.1. The first kappa shape index (κ1) is 55.1. The van der Waals surface area contributed by atoms with Gasteiger partial charge in [0.1, 0.15) is 36.8 Å². The van der Waals surface area contributed by atoms with Gasteiger partial charge in [-0.2, -0.15) is 0 Å². The lowest BCUT2D eigenvalue weighted by atomic mass is 9.83. The van der Waals surface area contributed by atoms with Gasteiger partial charge in [-0.15, -0.1) is 0 Å². The van der Waals surface area contributed by atoms with Crippen LogP contribution in [0.2, 0.25) is 0 Å². The molecule has 4 rings (SSSR count). The van der Waals surface area contributed by atoms with Crippen LogP contribution in [0.15, 0.2) is 60.7 Å². The van der Waals surface area contributed by atoms with Gasteiger partial charge in [-0.05, 0) is 67.9 Å². The number of ether oxygens (including phenoxy) is 2. The highest BCUT2D eigenvalue weighted by Gasteiger charge is 2.40. The molecular formula is C52H78N6O10. The molecule has 2 aromatic rings. The van der Waals surface area contributed by atoms with Crippen LogP contribution in [0.3, 0.4) is 0 Å². The quantitative estimate of drug-likeness (QED) is 0.0825. The Kier molecular flexibility index (Phi) is 22.8. The van der Waals surface area contributed by atoms with Gasteiger partial charge in [0.15, 0.2) is 0 Å². The SMILES string of the molecule is CC(C)CCCCCC[C@H]1OC(=O)CNC(=O)[C@H]([C@H](C)OCc2ccccc2)NC(=O)[C@H](CN(Cc2ccccc2)C(=O)O)NC(=O)[C@H](C2CCCCC2)NC(=O)[C@H](CC(C)C)N(C)C(=O)[C@@H]1C. The molecule has 1 aliphatic carbocycles. The number of nitrogens with one attached hydrogen (secondary N) is 4. The Morgan fingerprint density at radius 3 is 2.03 bits per heavy atom. The summed E-state index contributed by atoms with van der Waals surface area (Å²) in [7, 11) is 1.55. The van der Waals surface area contributed by atoms with E-state index < -0.39 is 97.0 Å². The molecule has 2 fully saturated rings. The monoisotopic (exact) mass is 947 g/mol. The number of hydrogen-bond donors (Lipinski definition) is 5. The molecule has 16 heteroatoms. The van der Waals surface area contributed by atoms with Crippen molar-refractivity contribution in [1.29, 1.82) is 0 Å². The highest BCUT2D eigenvalue weighted by molar-refractivity contribution is 5.96. The van der Waals surface area contributed by atoms with Crippen LogP contribution >= 0.6 is 0 Å². The Bertz CT molecular complexity index is 1930. The Morgan fingerprint density at radius 2 is 1.41 bits per heavy atom. The van der Waals surface area contributed by atoms with Gasteiger partial charge in [-0.25, -0.2) is 4.79 Å². The number of nitrogens with zero attached hydrogens (tertiary/aromatic N) is 2. The van der Waals surface area contributed by atoms with Gasteiger partial charge in [-0.3, -0.25) is 28.8 Å². The van der Waals surface area contributed by atoms with Crippen LogP contribution in [-0.4, -0.2) is 113 Å². The third kappa shape index (κ3) is 17.9. The largest absolute Gasteiger partial charge is 0.465 e. The molecule has 5 N–H and O–H groups in total. The molecule has 1 saturated heterocycles. The van der Waals surface area contributed by atoms with E-state index >= 15 is 0 Å². The van der Waals surface area contributed by atoms with E-state index in [0.29, 0.717) is 37.2 Å². The Labute approximate surface area is 403 Å². The summed E-state index contributed by atoms with van der Waals surface area (Å²) in [4.78, 5) is 102. The van der Waals surface area contributed by atoms with Crippen molar-refractivity contribution in [2.45, 2.75) is 168 Å². The summed E-state index contributed by atoms with van der Waals surface area (Å²) in [5.41, 5.74) is 1.42. The van der Waals surface area contributed by atoms with Crippen molar-refractivity contribution >= 4 is 41.6 Å². The molecule has 0 bridgehead atoms. The van der Waals surface area contributed by atoms with Crippen LogP contribution in [0.25, 0.3) is 0 Å². The summed E-state index contributed by atoms with van der Waals surface area (Å²) in [6.45, 7) is 10.3. The second-order valence-corrected chi connectivity index (χ2v) is 19.6. The highest BCUT2D eigenvalue weighted by atomic mass is 16.5. The zero-order valence-electron chi connectivity index (χ0n) is 41.4. The first-order valence-electron chi connectivity index (χ1n) is 24.8. The first-order chi connectivity index (χ1) is 32.4. The molecule has 16 nitrogen and oxygen atoms in total. The molecule has 0 aromatic heterocycles. The number of cyclic esters (lactones) is 1. The van der Waals surface area contributed by atoms with Gasteiger partial charge in [0.25, 0.3) is 0 Å². The zero-order chi connectivity index (χ0) is 49.8. The van der Waals surface area contributed by atoms with E-state index in [0.717, 1.165) is 55.4 Å². The molecule has 376 valence electrons. The number of amides is 6. The van der Waals surface area contributed by atoms with E-state index in [1.807, 2.05) is 44.2 Å². The highest BCUT2D eigenvalue weighted by Crippen LogP contribution is 2.28. The fourth-order valence-electron chi connectivity index (χ4n) is 9.02. The predicted molar refractivity (Wildman–Crippen MR) is 259 cm³/mol. The summed E-state index contributed by atoms with van der Waals surface area (Å²) in [6, 6.07) is 12.8. The van der Waals surface area contributed by atoms with Crippen LogP contribution in [0.5, 0.6) is 0 Å². The van der Waals surface area contributed by atoms with Crippen LogP contribution in [0, 0.1) is 23.7 Å². The van der Waals surface area contributed by atoms with Crippen LogP contribution in [0.4, 0.5) is 4.79 Å². The average Bonchev–Trinajstić information content (AvgIpc) is 3.32. The number of likely N-dealkylation sites (N-methyl/N-ethyl adjacent to an activating group) is 1. The van der Waals surface area contributed by atoms with E-state index in [2.05, 4.69) is 35.1 Å². The summed E-state index contributed by atoms with van der Waals surface area (Å²) < 4.78 is 12.1. The number of benzene rings is 2. The molecule has 7 atom stereocenters. The summed E-state index contributed by atoms with van der Waals surface area (Å²) in [5.74, 6) is -4.86. The molecule has 0 unspecified atom stereocenters. The Hall–Kier alpha value is -5.51. The Balaban J connectivity index is 1.78. The minimum absolute atomic E-state index is 0.0466. The molecule has 1 heterocycles. The third-order valence-corrected chi connectivity index (χ3v) is 13.1. The molecule has 6 amide bonds. The molecule has 68 heavy (non-hydrogen) atoms. The van der Waals surface area contributed by atoms with E-state index in [4.69, 9.17) is 9.47 Å². The van der Waals surface area contributed by atoms with Gasteiger partial charge < -0.3 is 45.6 Å². The van der Waals surface area contributed by atoms with Gasteiger partial charge in [0.05, 0.1) is 25.2 Å². The maximum Gasteiger partial charge on any atom is 0.407 e. The van der Waals surface area contributed by atoms with Crippen molar-refractivity contribution in [2.24, 2.45) is 23.7 Å². The zero-order valence-corrected chi connectivity index (χ0v) is 41.4. The van der Waals surface area contributed by atoms with E-state index in [1.165, 1.54) is 4.90 Å². The van der Waals surface area contributed by atoms with Crippen LogP contribution in [0.1, 0.15) is 130 Å². The van der Waals surface area contributed by atoms with Crippen molar-refractivity contribution in [2.75, 3.05) is 20.1 Å². The number of carbonyl (C=O) groups is 7. The van der Waals surface area contributed by atoms with E-state index in [9.17, 15) is 38.7 Å². The fraction of sp³-hybridized carbons (Fsp3) is 0.635. The van der Waals surface area contributed by atoms with Crippen molar-refractivity contribution in [1.82, 2.24) is 31.1 Å². The number of carbonyl (C=O) groups excluding carboxylic acids is 6. The molecule has 0 spiro atoms. The van der Waals surface area contributed by atoms with Crippen molar-refractivity contribution in [3.05, 3.63) is 71.8 Å². The normalized spacial score (nSPS) is 23.6. The van der Waals surface area contributed by atoms with Gasteiger partial charge in [-0.1, -0.05) is 140 Å². The Morgan fingerprint density at radius 1 is 0.779 bits per heavy atom. The fourth-order valence-corrected chi connectivity index (χ4v) is 9.02. The van der Waals surface area contributed by atoms with Gasteiger partial charge >= 0.3 is 12.1 Å². The summed E-state index contributed by atoms with van der Waals surface area (Å²) in [6.07, 6.45) is 5.78. The number of rotatable bonds is 18. The van der Waals surface area contributed by atoms with Crippen molar-refractivity contribution in [3.8, 4) is 0 Å². The number of esters is 1. The number of unbranched alkanes of at least 4 members (excludes halogenated alkanes) is 3. The lowest BCUT2D eigenvalue weighted by molar-refractivity contribution is -0.158. The summed E-state index contributed by atoms with van der Waals surface area (Å²) >= 11 is 0. The van der Waals surface area contributed by atoms with Crippen molar-refractivity contribution < 1.29 is 48.1 Å². The molecule has 2 aromatic carbocycles. The second-order valence-electron chi connectivity index (χ2n) is 19.6. The van der Waals surface area contributed by atoms with E-state index in [1.54, 1.807) is 51.2 Å². The summed E-state index contributed by atoms with van der Waals surface area (Å²) in [5, 5.41) is 21.5. The molecule has 1 saturated carbocycles. The van der Waals surface area contributed by atoms with Gasteiger partial charge in [0.2, 0.25) is 29.5 Å². The topological polar surface area (TPSA) is 213 Å². The lowest BCUT2D eigenvalue weighted by Gasteiger charge is -2.36. The minimum Gasteiger partial charge on any atom is -0.465 e. The lowest BCUT2D eigenvalue weighted by Crippen LogP contribution is -2.63. The molecular weight excluding hydrogens is 869 g/mol. The van der Waals surface area contributed by atoms with Gasteiger partial charge in [0, 0.05) is 13.6 Å². The van der Waals surface area contributed by atoms with Crippen LogP contribution in [-0.2, 0) is 51.4 Å². The third-order valence-electron chi connectivity index (χ3n) is 13.1. The maximum atomic E-state index is 14.8. The number of carboxylic acid groups (broad SMARTS) is 1. The molecule has 0 radical (unpaired) electrons. The van der Waals surface area contributed by atoms with Crippen molar-refractivity contribution in [3.63, 3.8) is 0 Å². The average molecular weight is 947 g/mol. The standard InChI is InChI=1S/C52H78N6O10/c1-34(2)21-13-8-9-20-28-43-36(5)51(64)57(7)42(29-35(3)4)48(61)56-46(40-26-18-12-19-27-40)50(63)54-41(32-58(52(65)66)31-38-22-14-10-15-23-38)47(60)55-45(49(62)53-30-44(59)68-43)37(6)67-33-39-24-16-11-17-25-39/h10-11,14-17,22-25,34-37,40-43,45-46H,8-9,12-13,18-21,26-33H2,1-7H3,(H,53,62)(H,54,63)(H,55,60)(H,56,61)(H,65,66)/t36-,37+,41+,42+,43-,45+,46+/m1/s1. The minimum atomic E-state index is -1.57. The number of hydrogen-bond acceptors (Lipinski definition) is 9. The van der Waals surface area contributed by atoms with E-state index in [-0.39, 0.29) is 31.4 Å². The first-order valence-corrected chi connectivity index (χ1v) is 24.8. The van der Waals surface area contributed by atoms with Crippen LogP contribution < -0.4 is 21.3 Å². The molecule has 1 aliphatic heterocycles.